The zero-order chi connectivity index (χ0) is 14.8. The number of nitrogens with zero attached hydrogens (tertiary/aromatic N) is 1. The Bertz CT molecular complexity index is 644. The molecule has 0 radical (unpaired) electrons. The molecule has 112 valence electrons. The molecule has 1 aromatic carbocycles. The Morgan fingerprint density at radius 1 is 1.19 bits per heavy atom. The first kappa shape index (κ1) is 14.4. The Morgan fingerprint density at radius 2 is 2.00 bits per heavy atom. The molecule has 0 fully saturated rings. The first-order valence-corrected chi connectivity index (χ1v) is 8.40. The maximum absolute atomic E-state index is 5.02. The fourth-order valence-corrected chi connectivity index (χ4v) is 3.24. The predicted molar refractivity (Wildman–Crippen MR) is 91.3 cm³/mol. The summed E-state index contributed by atoms with van der Waals surface area (Å²) in [6.07, 6.45) is 6.18. The van der Waals surface area contributed by atoms with Crippen LogP contribution in [0.25, 0.3) is 10.9 Å². The van der Waals surface area contributed by atoms with Crippen molar-refractivity contribution in [1.29, 1.82) is 0 Å². The number of anilines is 1. The molecular weight excluding hydrogens is 256 g/mol. The van der Waals surface area contributed by atoms with Crippen LogP contribution in [0.15, 0.2) is 18.2 Å². The Balaban J connectivity index is 2.20. The molecule has 1 N–H and O–H groups in total. The van der Waals surface area contributed by atoms with Gasteiger partial charge in [0.25, 0.3) is 0 Å². The summed E-state index contributed by atoms with van der Waals surface area (Å²) in [4.78, 5) is 5.02. The number of rotatable bonds is 4. The van der Waals surface area contributed by atoms with Gasteiger partial charge in [0, 0.05) is 23.3 Å². The van der Waals surface area contributed by atoms with E-state index in [2.05, 4.69) is 44.3 Å². The van der Waals surface area contributed by atoms with Gasteiger partial charge in [0.2, 0.25) is 0 Å². The molecule has 0 saturated carbocycles. The van der Waals surface area contributed by atoms with Crippen molar-refractivity contribution in [1.82, 2.24) is 4.98 Å². The Kier molecular flexibility index (Phi) is 4.14. The molecular formula is C19H26N2. The molecule has 0 spiro atoms. The number of hydrogen-bond acceptors (Lipinski definition) is 2. The van der Waals surface area contributed by atoms with Gasteiger partial charge in [-0.15, -0.1) is 0 Å². The second-order valence-corrected chi connectivity index (χ2v) is 6.48. The summed E-state index contributed by atoms with van der Waals surface area (Å²) >= 11 is 0. The Labute approximate surface area is 128 Å². The van der Waals surface area contributed by atoms with E-state index >= 15 is 0 Å². The van der Waals surface area contributed by atoms with E-state index in [9.17, 15) is 0 Å². The molecule has 1 aromatic heterocycles. The van der Waals surface area contributed by atoms with Crippen molar-refractivity contribution in [2.24, 2.45) is 0 Å². The number of nitrogens with one attached hydrogen (secondary N) is 1. The number of benzene rings is 1. The van der Waals surface area contributed by atoms with E-state index < -0.39 is 0 Å². The summed E-state index contributed by atoms with van der Waals surface area (Å²) in [5.41, 5.74) is 6.74. The highest BCUT2D eigenvalue weighted by Crippen LogP contribution is 2.33. The third kappa shape index (κ3) is 2.76. The van der Waals surface area contributed by atoms with Crippen LogP contribution in [0.1, 0.15) is 62.8 Å². The van der Waals surface area contributed by atoms with Crippen LogP contribution >= 0.6 is 0 Å². The number of aryl methyl sites for hydroxylation is 2. The van der Waals surface area contributed by atoms with Gasteiger partial charge in [-0.25, -0.2) is 0 Å². The summed E-state index contributed by atoms with van der Waals surface area (Å²) in [6.45, 7) is 7.69. The fourth-order valence-electron chi connectivity index (χ4n) is 3.24. The molecule has 1 aliphatic carbocycles. The molecule has 0 saturated heterocycles. The van der Waals surface area contributed by atoms with E-state index in [1.165, 1.54) is 59.1 Å². The SMILES string of the molecule is CCCNc1cc(C(C)C)nc2c3c(ccc12)CCCC3. The molecule has 2 heteroatoms. The largest absolute Gasteiger partial charge is 0.384 e. The standard InChI is InChI=1S/C19H26N2/c1-4-11-20-18-12-17(13(2)3)21-19-15-8-6-5-7-14(15)9-10-16(18)19/h9-10,12-13H,4-8,11H2,1-3H3,(H,20,21). The molecule has 0 aliphatic heterocycles. The first-order chi connectivity index (χ1) is 10.2. The van der Waals surface area contributed by atoms with E-state index in [-0.39, 0.29) is 0 Å². The quantitative estimate of drug-likeness (QED) is 0.848. The molecule has 21 heavy (non-hydrogen) atoms. The van der Waals surface area contributed by atoms with E-state index in [0.717, 1.165) is 13.0 Å². The summed E-state index contributed by atoms with van der Waals surface area (Å²) in [5, 5.41) is 4.90. The number of fused-ring (bicyclic) bond motifs is 3. The van der Waals surface area contributed by atoms with Crippen LogP contribution in [0.4, 0.5) is 5.69 Å². The van der Waals surface area contributed by atoms with Gasteiger partial charge in [-0.3, -0.25) is 4.98 Å². The second kappa shape index (κ2) is 6.05. The van der Waals surface area contributed by atoms with Crippen LogP contribution in [-0.4, -0.2) is 11.5 Å². The molecule has 3 rings (SSSR count). The minimum absolute atomic E-state index is 0.469. The van der Waals surface area contributed by atoms with Crippen LogP contribution in [0.2, 0.25) is 0 Å². The van der Waals surface area contributed by atoms with Gasteiger partial charge in [-0.2, -0.15) is 0 Å². The van der Waals surface area contributed by atoms with Crippen molar-refractivity contribution in [3.05, 3.63) is 35.0 Å². The average molecular weight is 282 g/mol. The monoisotopic (exact) mass is 282 g/mol. The molecule has 0 atom stereocenters. The lowest BCUT2D eigenvalue weighted by atomic mass is 9.89. The lowest BCUT2D eigenvalue weighted by molar-refractivity contribution is 0.688. The van der Waals surface area contributed by atoms with Crippen molar-refractivity contribution >= 4 is 16.6 Å². The third-order valence-corrected chi connectivity index (χ3v) is 4.48. The Hall–Kier alpha value is -1.57. The van der Waals surface area contributed by atoms with Gasteiger partial charge in [-0.05, 0) is 55.2 Å². The van der Waals surface area contributed by atoms with Crippen molar-refractivity contribution < 1.29 is 0 Å². The molecule has 1 heterocycles. The minimum atomic E-state index is 0.469. The highest BCUT2D eigenvalue weighted by atomic mass is 14.9. The summed E-state index contributed by atoms with van der Waals surface area (Å²) < 4.78 is 0. The van der Waals surface area contributed by atoms with Crippen LogP contribution in [-0.2, 0) is 12.8 Å². The molecule has 0 amide bonds. The van der Waals surface area contributed by atoms with Gasteiger partial charge >= 0.3 is 0 Å². The van der Waals surface area contributed by atoms with Crippen molar-refractivity contribution in [2.45, 2.75) is 58.8 Å². The number of hydrogen-bond donors (Lipinski definition) is 1. The summed E-state index contributed by atoms with van der Waals surface area (Å²) in [6, 6.07) is 6.84. The normalized spacial score (nSPS) is 14.5. The van der Waals surface area contributed by atoms with Crippen molar-refractivity contribution in [3.63, 3.8) is 0 Å². The number of pyridine rings is 1. The van der Waals surface area contributed by atoms with Gasteiger partial charge in [0.1, 0.15) is 0 Å². The van der Waals surface area contributed by atoms with Gasteiger partial charge in [0.15, 0.2) is 0 Å². The van der Waals surface area contributed by atoms with Gasteiger partial charge in [-0.1, -0.05) is 32.9 Å². The first-order valence-electron chi connectivity index (χ1n) is 8.40. The Morgan fingerprint density at radius 3 is 2.76 bits per heavy atom. The van der Waals surface area contributed by atoms with Crippen LogP contribution in [0, 0.1) is 0 Å². The molecule has 0 bridgehead atoms. The van der Waals surface area contributed by atoms with Crippen molar-refractivity contribution in [3.8, 4) is 0 Å². The zero-order valence-electron chi connectivity index (χ0n) is 13.5. The highest BCUT2D eigenvalue weighted by molar-refractivity contribution is 5.94. The van der Waals surface area contributed by atoms with E-state index in [1.807, 2.05) is 0 Å². The summed E-state index contributed by atoms with van der Waals surface area (Å²) in [7, 11) is 0. The van der Waals surface area contributed by atoms with Crippen molar-refractivity contribution in [2.75, 3.05) is 11.9 Å². The van der Waals surface area contributed by atoms with Gasteiger partial charge in [0.05, 0.1) is 5.52 Å². The van der Waals surface area contributed by atoms with E-state index in [1.54, 1.807) is 0 Å². The lowest BCUT2D eigenvalue weighted by Crippen LogP contribution is -2.08. The van der Waals surface area contributed by atoms with Gasteiger partial charge < -0.3 is 5.32 Å². The minimum Gasteiger partial charge on any atom is -0.384 e. The number of aromatic nitrogens is 1. The topological polar surface area (TPSA) is 24.9 Å². The predicted octanol–water partition coefficient (Wildman–Crippen LogP) is 5.06. The summed E-state index contributed by atoms with van der Waals surface area (Å²) in [5.74, 6) is 0.469. The van der Waals surface area contributed by atoms with E-state index in [0.29, 0.717) is 5.92 Å². The lowest BCUT2D eigenvalue weighted by Gasteiger charge is -2.20. The fraction of sp³-hybridized carbons (Fsp3) is 0.526. The molecule has 2 aromatic rings. The molecule has 2 nitrogen and oxygen atoms in total. The third-order valence-electron chi connectivity index (χ3n) is 4.48. The molecule has 1 aliphatic rings. The van der Waals surface area contributed by atoms with Crippen LogP contribution in [0.5, 0.6) is 0 Å². The van der Waals surface area contributed by atoms with E-state index in [4.69, 9.17) is 4.98 Å². The second-order valence-electron chi connectivity index (χ2n) is 6.48. The van der Waals surface area contributed by atoms with Crippen LogP contribution in [0.3, 0.4) is 0 Å². The average Bonchev–Trinajstić information content (AvgIpc) is 2.52. The van der Waals surface area contributed by atoms with Crippen LogP contribution < -0.4 is 5.32 Å². The maximum Gasteiger partial charge on any atom is 0.0760 e. The molecule has 0 unspecified atom stereocenters. The maximum atomic E-state index is 5.02. The smallest absolute Gasteiger partial charge is 0.0760 e. The highest BCUT2D eigenvalue weighted by Gasteiger charge is 2.16. The zero-order valence-corrected chi connectivity index (χ0v) is 13.5.